The van der Waals surface area contributed by atoms with Gasteiger partial charge in [0.25, 0.3) is 0 Å². The minimum atomic E-state index is 0.857. The summed E-state index contributed by atoms with van der Waals surface area (Å²) in [5.41, 5.74) is 0. The predicted molar refractivity (Wildman–Crippen MR) is 52.7 cm³/mol. The Morgan fingerprint density at radius 2 is 2.08 bits per heavy atom. The summed E-state index contributed by atoms with van der Waals surface area (Å²) in [6, 6.07) is 0. The van der Waals surface area contributed by atoms with Crippen molar-refractivity contribution in [1.82, 2.24) is 15.5 Å². The maximum atomic E-state index is 4.06. The molecule has 0 unspecified atom stereocenters. The molecule has 0 aromatic carbocycles. The first-order valence-electron chi connectivity index (χ1n) is 3.81. The molecule has 66 valence electrons. The minimum absolute atomic E-state index is 0.857. The van der Waals surface area contributed by atoms with Crippen molar-refractivity contribution in [3.05, 3.63) is 3.92 Å². The molecule has 0 spiro atoms. The van der Waals surface area contributed by atoms with Crippen LogP contribution in [0, 0.1) is 0 Å². The van der Waals surface area contributed by atoms with E-state index >= 15 is 0 Å². The summed E-state index contributed by atoms with van der Waals surface area (Å²) >= 11 is 4.89. The van der Waals surface area contributed by atoms with Gasteiger partial charge in [0.1, 0.15) is 0 Å². The zero-order valence-corrected chi connectivity index (χ0v) is 8.86. The van der Waals surface area contributed by atoms with Crippen molar-refractivity contribution in [2.45, 2.75) is 0 Å². The summed E-state index contributed by atoms with van der Waals surface area (Å²) in [7, 11) is 0. The average molecular weight is 249 g/mol. The Balaban J connectivity index is 2.08. The van der Waals surface area contributed by atoms with Crippen LogP contribution in [0.2, 0.25) is 0 Å². The average Bonchev–Trinajstić information content (AvgIpc) is 2.54. The molecule has 0 amide bonds. The van der Waals surface area contributed by atoms with Crippen LogP contribution in [-0.2, 0) is 0 Å². The fourth-order valence-corrected chi connectivity index (χ4v) is 2.32. The maximum absolute atomic E-state index is 4.06. The van der Waals surface area contributed by atoms with Crippen molar-refractivity contribution < 1.29 is 0 Å². The SMILES string of the molecule is Brc1nnc(N2CCNCC2)s1. The van der Waals surface area contributed by atoms with E-state index in [4.69, 9.17) is 0 Å². The van der Waals surface area contributed by atoms with Gasteiger partial charge < -0.3 is 10.2 Å². The van der Waals surface area contributed by atoms with Crippen molar-refractivity contribution in [1.29, 1.82) is 0 Å². The lowest BCUT2D eigenvalue weighted by Crippen LogP contribution is -2.43. The van der Waals surface area contributed by atoms with Gasteiger partial charge in [-0.1, -0.05) is 11.3 Å². The van der Waals surface area contributed by atoms with Gasteiger partial charge in [-0.15, -0.1) is 10.2 Å². The molecule has 0 radical (unpaired) electrons. The van der Waals surface area contributed by atoms with Crippen LogP contribution in [0.1, 0.15) is 0 Å². The molecule has 1 aromatic heterocycles. The van der Waals surface area contributed by atoms with Gasteiger partial charge in [0, 0.05) is 26.2 Å². The summed E-state index contributed by atoms with van der Waals surface area (Å²) in [6.45, 7) is 4.14. The van der Waals surface area contributed by atoms with E-state index in [1.54, 1.807) is 11.3 Å². The van der Waals surface area contributed by atoms with Gasteiger partial charge in [0.2, 0.25) is 5.13 Å². The number of halogens is 1. The van der Waals surface area contributed by atoms with Crippen LogP contribution in [0.15, 0.2) is 3.92 Å². The molecule has 6 heteroatoms. The second kappa shape index (κ2) is 3.68. The highest BCUT2D eigenvalue weighted by Gasteiger charge is 2.13. The summed E-state index contributed by atoms with van der Waals surface area (Å²) in [4.78, 5) is 2.25. The normalized spacial score (nSPS) is 18.2. The number of piperazine rings is 1. The fraction of sp³-hybridized carbons (Fsp3) is 0.667. The molecular formula is C6H9BrN4S. The molecule has 2 rings (SSSR count). The van der Waals surface area contributed by atoms with E-state index in [1.807, 2.05) is 0 Å². The Labute approximate surface area is 83.1 Å². The van der Waals surface area contributed by atoms with E-state index < -0.39 is 0 Å². The Bertz CT molecular complexity index is 258. The minimum Gasteiger partial charge on any atom is -0.344 e. The summed E-state index contributed by atoms with van der Waals surface area (Å²) in [6.07, 6.45) is 0. The Morgan fingerprint density at radius 1 is 1.33 bits per heavy atom. The summed E-state index contributed by atoms with van der Waals surface area (Å²) in [5.74, 6) is 0. The molecule has 1 aliphatic heterocycles. The fourth-order valence-electron chi connectivity index (χ4n) is 1.18. The standard InChI is InChI=1S/C6H9BrN4S/c7-5-9-10-6(12-5)11-3-1-8-2-4-11/h8H,1-4H2. The van der Waals surface area contributed by atoms with Crippen LogP contribution in [0.3, 0.4) is 0 Å². The quantitative estimate of drug-likeness (QED) is 0.795. The monoisotopic (exact) mass is 248 g/mol. The molecule has 1 N–H and O–H groups in total. The Morgan fingerprint density at radius 3 is 2.67 bits per heavy atom. The van der Waals surface area contributed by atoms with Crippen LogP contribution >= 0.6 is 27.3 Å². The maximum Gasteiger partial charge on any atom is 0.209 e. The van der Waals surface area contributed by atoms with Crippen molar-refractivity contribution >= 4 is 32.4 Å². The molecule has 0 aliphatic carbocycles. The number of nitrogens with zero attached hydrogens (tertiary/aromatic N) is 3. The molecule has 12 heavy (non-hydrogen) atoms. The molecule has 4 nitrogen and oxygen atoms in total. The first-order chi connectivity index (χ1) is 5.86. The van der Waals surface area contributed by atoms with Crippen LogP contribution in [-0.4, -0.2) is 36.4 Å². The van der Waals surface area contributed by atoms with Gasteiger partial charge >= 0.3 is 0 Å². The first kappa shape index (κ1) is 8.40. The lowest BCUT2D eigenvalue weighted by atomic mass is 10.4. The molecule has 1 aromatic rings. The molecule has 1 fully saturated rings. The number of hydrogen-bond donors (Lipinski definition) is 1. The van der Waals surface area contributed by atoms with Crippen molar-refractivity contribution in [2.75, 3.05) is 31.1 Å². The molecule has 1 aliphatic rings. The number of nitrogens with one attached hydrogen (secondary N) is 1. The molecule has 2 heterocycles. The van der Waals surface area contributed by atoms with Gasteiger partial charge in [-0.25, -0.2) is 0 Å². The molecular weight excluding hydrogens is 240 g/mol. The van der Waals surface area contributed by atoms with Crippen molar-refractivity contribution in [2.24, 2.45) is 0 Å². The highest BCUT2D eigenvalue weighted by molar-refractivity contribution is 9.11. The third-order valence-corrected chi connectivity index (χ3v) is 3.19. The third-order valence-electron chi connectivity index (χ3n) is 1.78. The van der Waals surface area contributed by atoms with Crippen molar-refractivity contribution in [3.8, 4) is 0 Å². The first-order valence-corrected chi connectivity index (χ1v) is 5.42. The Hall–Kier alpha value is -0.200. The topological polar surface area (TPSA) is 41.1 Å². The predicted octanol–water partition coefficient (Wildman–Crippen LogP) is 0.710. The van der Waals surface area contributed by atoms with E-state index in [2.05, 4.69) is 36.3 Å². The van der Waals surface area contributed by atoms with Gasteiger partial charge in [-0.3, -0.25) is 0 Å². The van der Waals surface area contributed by atoms with E-state index in [1.165, 1.54) is 0 Å². The third kappa shape index (κ3) is 1.75. The van der Waals surface area contributed by atoms with Crippen LogP contribution in [0.25, 0.3) is 0 Å². The lowest BCUT2D eigenvalue weighted by Gasteiger charge is -2.26. The van der Waals surface area contributed by atoms with Gasteiger partial charge in [0.15, 0.2) is 3.92 Å². The molecule has 0 saturated carbocycles. The van der Waals surface area contributed by atoms with E-state index in [9.17, 15) is 0 Å². The number of hydrogen-bond acceptors (Lipinski definition) is 5. The molecule has 0 bridgehead atoms. The highest BCUT2D eigenvalue weighted by atomic mass is 79.9. The largest absolute Gasteiger partial charge is 0.344 e. The zero-order chi connectivity index (χ0) is 8.39. The number of rotatable bonds is 1. The van der Waals surface area contributed by atoms with Crippen LogP contribution < -0.4 is 10.2 Å². The Kier molecular flexibility index (Phi) is 2.57. The summed E-state index contributed by atoms with van der Waals surface area (Å²) < 4.78 is 0.857. The number of aromatic nitrogens is 2. The van der Waals surface area contributed by atoms with Gasteiger partial charge in [-0.2, -0.15) is 0 Å². The van der Waals surface area contributed by atoms with Gasteiger partial charge in [0.05, 0.1) is 0 Å². The smallest absolute Gasteiger partial charge is 0.209 e. The zero-order valence-electron chi connectivity index (χ0n) is 6.46. The second-order valence-corrected chi connectivity index (χ2v) is 4.81. The van der Waals surface area contributed by atoms with E-state index in [0.29, 0.717) is 0 Å². The lowest BCUT2D eigenvalue weighted by molar-refractivity contribution is 0.587. The van der Waals surface area contributed by atoms with E-state index in [0.717, 1.165) is 35.2 Å². The van der Waals surface area contributed by atoms with Gasteiger partial charge in [-0.05, 0) is 15.9 Å². The molecule has 1 saturated heterocycles. The van der Waals surface area contributed by atoms with Crippen LogP contribution in [0.4, 0.5) is 5.13 Å². The highest BCUT2D eigenvalue weighted by Crippen LogP contribution is 2.23. The molecule has 0 atom stereocenters. The van der Waals surface area contributed by atoms with Crippen molar-refractivity contribution in [3.63, 3.8) is 0 Å². The van der Waals surface area contributed by atoms with E-state index in [-0.39, 0.29) is 0 Å². The second-order valence-electron chi connectivity index (χ2n) is 2.57. The summed E-state index contributed by atoms with van der Waals surface area (Å²) in [5, 5.41) is 12.3. The van der Waals surface area contributed by atoms with Crippen LogP contribution in [0.5, 0.6) is 0 Å². The number of anilines is 1.